The standard InChI is InChI=1S/C19H27NO3/c1-14(2)23-18(22)11-10-15-8-7-9-16(12-15)20(6)17(21)13-19(3,4)5/h7-12,14H,13H2,1-6H3/b11-10+. The van der Waals surface area contributed by atoms with Crippen molar-refractivity contribution in [2.24, 2.45) is 5.41 Å². The van der Waals surface area contributed by atoms with Gasteiger partial charge in [-0.1, -0.05) is 32.9 Å². The van der Waals surface area contributed by atoms with E-state index >= 15 is 0 Å². The van der Waals surface area contributed by atoms with Crippen LogP contribution in [0.2, 0.25) is 0 Å². The number of nitrogens with zero attached hydrogens (tertiary/aromatic N) is 1. The molecule has 0 atom stereocenters. The van der Waals surface area contributed by atoms with Gasteiger partial charge in [-0.3, -0.25) is 4.79 Å². The molecule has 1 rings (SSSR count). The Kier molecular flexibility index (Phi) is 6.55. The molecule has 126 valence electrons. The Balaban J connectivity index is 2.82. The normalized spacial score (nSPS) is 11.8. The first-order valence-electron chi connectivity index (χ1n) is 7.84. The van der Waals surface area contributed by atoms with E-state index in [4.69, 9.17) is 4.74 Å². The van der Waals surface area contributed by atoms with Crippen LogP contribution in [0.25, 0.3) is 6.08 Å². The van der Waals surface area contributed by atoms with Crippen LogP contribution in [0, 0.1) is 5.41 Å². The minimum absolute atomic E-state index is 0.0521. The minimum Gasteiger partial charge on any atom is -0.460 e. The van der Waals surface area contributed by atoms with Gasteiger partial charge in [0.25, 0.3) is 0 Å². The summed E-state index contributed by atoms with van der Waals surface area (Å²) in [6.45, 7) is 9.74. The monoisotopic (exact) mass is 317 g/mol. The quantitative estimate of drug-likeness (QED) is 0.608. The molecule has 4 heteroatoms. The fraction of sp³-hybridized carbons (Fsp3) is 0.474. The second-order valence-corrected chi connectivity index (χ2v) is 7.10. The van der Waals surface area contributed by atoms with Gasteiger partial charge in [0.15, 0.2) is 0 Å². The number of benzene rings is 1. The smallest absolute Gasteiger partial charge is 0.331 e. The maximum Gasteiger partial charge on any atom is 0.331 e. The average Bonchev–Trinajstić information content (AvgIpc) is 2.42. The third-order valence-electron chi connectivity index (χ3n) is 3.08. The number of amides is 1. The van der Waals surface area contributed by atoms with Gasteiger partial charge in [-0.2, -0.15) is 0 Å². The maximum absolute atomic E-state index is 12.3. The van der Waals surface area contributed by atoms with Gasteiger partial charge >= 0.3 is 5.97 Å². The second kappa shape index (κ2) is 7.95. The molecule has 0 radical (unpaired) electrons. The van der Waals surface area contributed by atoms with E-state index < -0.39 is 0 Å². The summed E-state index contributed by atoms with van der Waals surface area (Å²) in [5, 5.41) is 0. The van der Waals surface area contributed by atoms with Crippen LogP contribution in [-0.2, 0) is 14.3 Å². The molecule has 1 aromatic rings. The van der Waals surface area contributed by atoms with Crippen molar-refractivity contribution in [1.82, 2.24) is 0 Å². The molecule has 0 bridgehead atoms. The van der Waals surface area contributed by atoms with Crippen molar-refractivity contribution < 1.29 is 14.3 Å². The number of carbonyl (C=O) groups is 2. The number of anilines is 1. The molecule has 0 heterocycles. The Morgan fingerprint density at radius 2 is 1.91 bits per heavy atom. The number of carbonyl (C=O) groups excluding carboxylic acids is 2. The molecule has 0 unspecified atom stereocenters. The Hall–Kier alpha value is -2.10. The highest BCUT2D eigenvalue weighted by Crippen LogP contribution is 2.23. The summed E-state index contributed by atoms with van der Waals surface area (Å²) >= 11 is 0. The number of hydrogen-bond acceptors (Lipinski definition) is 3. The molecule has 0 aliphatic carbocycles. The second-order valence-electron chi connectivity index (χ2n) is 7.10. The number of esters is 1. The molecule has 0 aromatic heterocycles. The topological polar surface area (TPSA) is 46.6 Å². The van der Waals surface area contributed by atoms with Crippen molar-refractivity contribution in [3.05, 3.63) is 35.9 Å². The van der Waals surface area contributed by atoms with Gasteiger partial charge in [0, 0.05) is 25.2 Å². The number of rotatable bonds is 5. The zero-order valence-electron chi connectivity index (χ0n) is 14.9. The lowest BCUT2D eigenvalue weighted by molar-refractivity contribution is -0.141. The van der Waals surface area contributed by atoms with Crippen LogP contribution in [0.4, 0.5) is 5.69 Å². The number of hydrogen-bond donors (Lipinski definition) is 0. The van der Waals surface area contributed by atoms with Gasteiger partial charge < -0.3 is 9.64 Å². The molecule has 0 fully saturated rings. The molecule has 23 heavy (non-hydrogen) atoms. The predicted octanol–water partition coefficient (Wildman–Crippen LogP) is 4.05. The first-order chi connectivity index (χ1) is 10.6. The van der Waals surface area contributed by atoms with Crippen LogP contribution in [-0.4, -0.2) is 25.0 Å². The fourth-order valence-electron chi connectivity index (χ4n) is 1.99. The summed E-state index contributed by atoms with van der Waals surface area (Å²) in [6, 6.07) is 7.50. The van der Waals surface area contributed by atoms with Crippen LogP contribution in [0.3, 0.4) is 0 Å². The third-order valence-corrected chi connectivity index (χ3v) is 3.08. The van der Waals surface area contributed by atoms with Crippen molar-refractivity contribution in [3.8, 4) is 0 Å². The van der Waals surface area contributed by atoms with E-state index in [9.17, 15) is 9.59 Å². The van der Waals surface area contributed by atoms with Crippen molar-refractivity contribution >= 4 is 23.6 Å². The van der Waals surface area contributed by atoms with Crippen LogP contribution in [0.15, 0.2) is 30.3 Å². The van der Waals surface area contributed by atoms with Crippen LogP contribution >= 0.6 is 0 Å². The van der Waals surface area contributed by atoms with Crippen LogP contribution < -0.4 is 4.90 Å². The summed E-state index contributed by atoms with van der Waals surface area (Å²) in [5.74, 6) is -0.305. The molecule has 4 nitrogen and oxygen atoms in total. The minimum atomic E-state index is -0.373. The Morgan fingerprint density at radius 3 is 2.48 bits per heavy atom. The molecule has 1 amide bonds. The van der Waals surface area contributed by atoms with E-state index in [-0.39, 0.29) is 23.4 Å². The van der Waals surface area contributed by atoms with E-state index in [1.54, 1.807) is 18.0 Å². The van der Waals surface area contributed by atoms with Crippen molar-refractivity contribution in [3.63, 3.8) is 0 Å². The lowest BCUT2D eigenvalue weighted by Gasteiger charge is -2.23. The zero-order valence-corrected chi connectivity index (χ0v) is 14.9. The molecule has 1 aromatic carbocycles. The SMILES string of the molecule is CC(C)OC(=O)/C=C/c1cccc(N(C)C(=O)CC(C)(C)C)c1. The van der Waals surface area contributed by atoms with Gasteiger partial charge in [-0.15, -0.1) is 0 Å². The molecular formula is C19H27NO3. The van der Waals surface area contributed by atoms with Gasteiger partial charge in [-0.05, 0) is 43.0 Å². The van der Waals surface area contributed by atoms with Crippen molar-refractivity contribution in [1.29, 1.82) is 0 Å². The molecule has 0 aliphatic rings. The molecule has 0 aliphatic heterocycles. The third kappa shape index (κ3) is 7.13. The maximum atomic E-state index is 12.3. The van der Waals surface area contributed by atoms with Crippen LogP contribution in [0.1, 0.15) is 46.6 Å². The zero-order chi connectivity index (χ0) is 17.6. The Labute approximate surface area is 139 Å². The Bertz CT molecular complexity index is 583. The molecule has 0 saturated heterocycles. The molecular weight excluding hydrogens is 290 g/mol. The first kappa shape index (κ1) is 18.9. The van der Waals surface area contributed by atoms with Gasteiger partial charge in [0.2, 0.25) is 5.91 Å². The molecule has 0 N–H and O–H groups in total. The highest BCUT2D eigenvalue weighted by Gasteiger charge is 2.19. The van der Waals surface area contributed by atoms with Gasteiger partial charge in [0.1, 0.15) is 0 Å². The largest absolute Gasteiger partial charge is 0.460 e. The highest BCUT2D eigenvalue weighted by atomic mass is 16.5. The summed E-state index contributed by atoms with van der Waals surface area (Å²) in [6.07, 6.45) is 3.43. The van der Waals surface area contributed by atoms with E-state index in [0.29, 0.717) is 6.42 Å². The fourth-order valence-corrected chi connectivity index (χ4v) is 1.99. The number of ether oxygens (including phenoxy) is 1. The highest BCUT2D eigenvalue weighted by molar-refractivity contribution is 5.93. The lowest BCUT2D eigenvalue weighted by Crippen LogP contribution is -2.29. The van der Waals surface area contributed by atoms with E-state index in [0.717, 1.165) is 11.3 Å². The first-order valence-corrected chi connectivity index (χ1v) is 7.84. The summed E-state index contributed by atoms with van der Waals surface area (Å²) in [7, 11) is 1.77. The van der Waals surface area contributed by atoms with Crippen LogP contribution in [0.5, 0.6) is 0 Å². The summed E-state index contributed by atoms with van der Waals surface area (Å²) in [4.78, 5) is 25.5. The van der Waals surface area contributed by atoms with Gasteiger partial charge in [0.05, 0.1) is 6.10 Å². The van der Waals surface area contributed by atoms with Gasteiger partial charge in [-0.25, -0.2) is 4.79 Å². The summed E-state index contributed by atoms with van der Waals surface area (Å²) < 4.78 is 5.05. The lowest BCUT2D eigenvalue weighted by atomic mass is 9.91. The van der Waals surface area contributed by atoms with Crippen molar-refractivity contribution in [2.45, 2.75) is 47.1 Å². The Morgan fingerprint density at radius 1 is 1.26 bits per heavy atom. The molecule has 0 spiro atoms. The van der Waals surface area contributed by atoms with E-state index in [2.05, 4.69) is 0 Å². The average molecular weight is 317 g/mol. The molecule has 0 saturated carbocycles. The predicted molar refractivity (Wildman–Crippen MR) is 94.2 cm³/mol. The van der Waals surface area contributed by atoms with E-state index in [1.807, 2.05) is 58.9 Å². The van der Waals surface area contributed by atoms with Crippen molar-refractivity contribution in [2.75, 3.05) is 11.9 Å². The van der Waals surface area contributed by atoms with E-state index in [1.165, 1.54) is 6.08 Å². The summed E-state index contributed by atoms with van der Waals surface area (Å²) in [5.41, 5.74) is 1.60.